The van der Waals surface area contributed by atoms with Crippen molar-refractivity contribution in [3.63, 3.8) is 0 Å². The van der Waals surface area contributed by atoms with Gasteiger partial charge < -0.3 is 16.0 Å². The third-order valence-electron chi connectivity index (χ3n) is 8.77. The van der Waals surface area contributed by atoms with Gasteiger partial charge in [0.1, 0.15) is 28.7 Å². The highest BCUT2D eigenvalue weighted by atomic mass is 15.1. The number of nitrogens with zero attached hydrogens (tertiary/aromatic N) is 4. The van der Waals surface area contributed by atoms with Crippen LogP contribution in [0, 0.1) is 6.92 Å². The van der Waals surface area contributed by atoms with Gasteiger partial charge in [-0.05, 0) is 66.8 Å². The number of aryl methyl sites for hydroxylation is 1. The van der Waals surface area contributed by atoms with Crippen molar-refractivity contribution in [1.29, 1.82) is 0 Å². The van der Waals surface area contributed by atoms with E-state index in [0.29, 0.717) is 18.3 Å². The first-order chi connectivity index (χ1) is 20.4. The molecule has 7 rings (SSSR count). The van der Waals surface area contributed by atoms with Crippen LogP contribution in [0.2, 0.25) is 0 Å². The molecular formula is C35H37N7. The monoisotopic (exact) mass is 555 g/mol. The fraction of sp³-hybridized carbons (Fsp3) is 0.286. The van der Waals surface area contributed by atoms with Crippen molar-refractivity contribution in [2.24, 2.45) is 0 Å². The van der Waals surface area contributed by atoms with E-state index in [-0.39, 0.29) is 5.92 Å². The van der Waals surface area contributed by atoms with E-state index >= 15 is 0 Å². The van der Waals surface area contributed by atoms with E-state index in [1.165, 1.54) is 22.1 Å². The fourth-order valence-corrected chi connectivity index (χ4v) is 6.51. The zero-order valence-corrected chi connectivity index (χ0v) is 24.7. The molecule has 7 nitrogen and oxygen atoms in total. The smallest absolute Gasteiger partial charge is 0.150 e. The van der Waals surface area contributed by atoms with E-state index in [2.05, 4.69) is 96.1 Å². The normalized spacial score (nSPS) is 15.7. The van der Waals surface area contributed by atoms with E-state index in [1.807, 2.05) is 13.2 Å². The van der Waals surface area contributed by atoms with Crippen molar-refractivity contribution < 1.29 is 0 Å². The minimum atomic E-state index is 0.211. The summed E-state index contributed by atoms with van der Waals surface area (Å²) in [6.45, 7) is 6.50. The molecule has 0 saturated carbocycles. The summed E-state index contributed by atoms with van der Waals surface area (Å²) in [5, 5.41) is 5.76. The van der Waals surface area contributed by atoms with Gasteiger partial charge in [-0.1, -0.05) is 68.5 Å². The molecule has 0 amide bonds. The first-order valence-corrected chi connectivity index (χ1v) is 14.9. The van der Waals surface area contributed by atoms with Gasteiger partial charge in [-0.3, -0.25) is 4.40 Å². The van der Waals surface area contributed by atoms with E-state index in [4.69, 9.17) is 20.7 Å². The summed E-state index contributed by atoms with van der Waals surface area (Å²) < 4.78 is 2.27. The van der Waals surface area contributed by atoms with Crippen LogP contribution in [-0.2, 0) is 6.42 Å². The Morgan fingerprint density at radius 1 is 1.05 bits per heavy atom. The van der Waals surface area contributed by atoms with Crippen molar-refractivity contribution in [1.82, 2.24) is 29.7 Å². The molecule has 0 saturated heterocycles. The highest BCUT2D eigenvalue weighted by Crippen LogP contribution is 2.39. The summed E-state index contributed by atoms with van der Waals surface area (Å²) in [4.78, 5) is 18.5. The Hall–Kier alpha value is -4.49. The van der Waals surface area contributed by atoms with Gasteiger partial charge in [0.05, 0.1) is 22.9 Å². The average molecular weight is 556 g/mol. The maximum absolute atomic E-state index is 6.66. The topological polar surface area (TPSA) is 96.9 Å². The number of benzene rings is 3. The number of hydrogen-bond donors (Lipinski definition) is 3. The predicted molar refractivity (Wildman–Crippen MR) is 173 cm³/mol. The highest BCUT2D eigenvalue weighted by Gasteiger charge is 2.25. The summed E-state index contributed by atoms with van der Waals surface area (Å²) in [5.41, 5.74) is 16.4. The van der Waals surface area contributed by atoms with Crippen LogP contribution < -0.4 is 11.1 Å². The second-order valence-electron chi connectivity index (χ2n) is 11.8. The van der Waals surface area contributed by atoms with Crippen molar-refractivity contribution >= 4 is 38.7 Å². The minimum absolute atomic E-state index is 0.211. The lowest BCUT2D eigenvalue weighted by Crippen LogP contribution is -2.26. The number of aromatic amines is 1. The molecule has 6 aromatic rings. The molecule has 0 spiro atoms. The molecule has 1 atom stereocenters. The fourth-order valence-electron chi connectivity index (χ4n) is 6.51. The second-order valence-corrected chi connectivity index (χ2v) is 11.8. The quantitative estimate of drug-likeness (QED) is 0.202. The number of aromatic nitrogens is 5. The summed E-state index contributed by atoms with van der Waals surface area (Å²) in [5.74, 6) is 2.68. The largest absolute Gasteiger partial charge is 0.382 e. The average Bonchev–Trinajstić information content (AvgIpc) is 3.61. The number of para-hydroxylation sites is 1. The number of hydrogen-bond acceptors (Lipinski definition) is 5. The van der Waals surface area contributed by atoms with E-state index in [9.17, 15) is 0 Å². The van der Waals surface area contributed by atoms with E-state index in [1.54, 1.807) is 0 Å². The lowest BCUT2D eigenvalue weighted by molar-refractivity contribution is 0.522. The highest BCUT2D eigenvalue weighted by molar-refractivity contribution is 6.02. The zero-order valence-electron chi connectivity index (χ0n) is 24.7. The number of allylic oxidation sites excluding steroid dienone is 1. The van der Waals surface area contributed by atoms with Gasteiger partial charge >= 0.3 is 0 Å². The first-order valence-electron chi connectivity index (χ1n) is 14.9. The lowest BCUT2D eigenvalue weighted by Gasteiger charge is -2.22. The second kappa shape index (κ2) is 10.4. The van der Waals surface area contributed by atoms with Crippen LogP contribution in [0.4, 0.5) is 5.82 Å². The SMILES string of the molecule is CNC1CC=C(c2cnc(N)c3c(-c4ccc(Cc5nc6c(C)cccc6[nH]5)c5ccccc45)nc(C(C)C)n23)CC1. The van der Waals surface area contributed by atoms with Crippen LogP contribution in [0.3, 0.4) is 0 Å². The minimum Gasteiger partial charge on any atom is -0.382 e. The summed E-state index contributed by atoms with van der Waals surface area (Å²) >= 11 is 0. The molecule has 3 aromatic carbocycles. The van der Waals surface area contributed by atoms with Crippen LogP contribution in [0.1, 0.15) is 67.5 Å². The molecule has 3 aromatic heterocycles. The van der Waals surface area contributed by atoms with Gasteiger partial charge in [0.25, 0.3) is 0 Å². The molecule has 1 aliphatic rings. The van der Waals surface area contributed by atoms with Crippen LogP contribution in [-0.4, -0.2) is 37.4 Å². The lowest BCUT2D eigenvalue weighted by atomic mass is 9.93. The molecule has 0 fully saturated rings. The van der Waals surface area contributed by atoms with Crippen LogP contribution in [0.5, 0.6) is 0 Å². The van der Waals surface area contributed by atoms with Crippen molar-refractivity contribution in [2.45, 2.75) is 58.4 Å². The Bertz CT molecular complexity index is 1990. The molecular weight excluding hydrogens is 518 g/mol. The van der Waals surface area contributed by atoms with Gasteiger partial charge in [0, 0.05) is 23.9 Å². The molecule has 3 heterocycles. The van der Waals surface area contributed by atoms with Gasteiger partial charge in [-0.15, -0.1) is 0 Å². The maximum Gasteiger partial charge on any atom is 0.150 e. The van der Waals surface area contributed by atoms with Gasteiger partial charge in [0.15, 0.2) is 0 Å². The molecule has 0 bridgehead atoms. The van der Waals surface area contributed by atoms with Crippen molar-refractivity contribution in [2.75, 3.05) is 12.8 Å². The predicted octanol–water partition coefficient (Wildman–Crippen LogP) is 7.19. The Balaban J connectivity index is 1.39. The summed E-state index contributed by atoms with van der Waals surface area (Å²) in [6.07, 6.45) is 8.10. The van der Waals surface area contributed by atoms with E-state index in [0.717, 1.165) is 69.8 Å². The molecule has 7 heteroatoms. The third kappa shape index (κ3) is 4.36. The Labute approximate surface area is 245 Å². The van der Waals surface area contributed by atoms with Crippen LogP contribution >= 0.6 is 0 Å². The number of H-pyrrole nitrogens is 1. The number of nitrogen functional groups attached to an aromatic ring is 1. The first kappa shape index (κ1) is 26.4. The van der Waals surface area contributed by atoms with E-state index < -0.39 is 0 Å². The Kier molecular flexibility index (Phi) is 6.54. The summed E-state index contributed by atoms with van der Waals surface area (Å²) in [6, 6.07) is 19.8. The molecule has 1 unspecified atom stereocenters. The van der Waals surface area contributed by atoms with Gasteiger partial charge in [-0.2, -0.15) is 0 Å². The number of rotatable bonds is 6. The number of fused-ring (bicyclic) bond motifs is 3. The number of nitrogens with two attached hydrogens (primary N) is 1. The standard InChI is InChI=1S/C35H37N7/c1-20(2)35-41-32(33-34(36)38-19-29(42(33)35)22-12-15-24(37-4)16-13-22)27-17-14-23(25-9-5-6-10-26(25)27)18-30-39-28-11-7-8-21(3)31(28)40-30/h5-12,14,17,19-20,24,37H,13,15-16,18H2,1-4H3,(H2,36,38)(H,39,40). The zero-order chi connectivity index (χ0) is 29.0. The molecule has 212 valence electrons. The van der Waals surface area contributed by atoms with Crippen LogP contribution in [0.25, 0.3) is 44.2 Å². The van der Waals surface area contributed by atoms with Crippen molar-refractivity contribution in [3.05, 3.63) is 95.3 Å². The number of imidazole rings is 2. The van der Waals surface area contributed by atoms with Crippen LogP contribution in [0.15, 0.2) is 66.9 Å². The third-order valence-corrected chi connectivity index (χ3v) is 8.77. The summed E-state index contributed by atoms with van der Waals surface area (Å²) in [7, 11) is 2.04. The van der Waals surface area contributed by atoms with Crippen molar-refractivity contribution in [3.8, 4) is 11.3 Å². The Morgan fingerprint density at radius 2 is 1.88 bits per heavy atom. The molecule has 42 heavy (non-hydrogen) atoms. The van der Waals surface area contributed by atoms with Gasteiger partial charge in [0.2, 0.25) is 0 Å². The Morgan fingerprint density at radius 3 is 2.62 bits per heavy atom. The van der Waals surface area contributed by atoms with Gasteiger partial charge in [-0.25, -0.2) is 15.0 Å². The number of nitrogens with one attached hydrogen (secondary N) is 2. The molecule has 0 radical (unpaired) electrons. The molecule has 4 N–H and O–H groups in total. The molecule has 1 aliphatic carbocycles. The molecule has 0 aliphatic heterocycles. The maximum atomic E-state index is 6.66. The number of anilines is 1.